The molecule has 0 fully saturated rings. The summed E-state index contributed by atoms with van der Waals surface area (Å²) in [4.78, 5) is 0. The first kappa shape index (κ1) is 14.8. The van der Waals surface area contributed by atoms with Gasteiger partial charge in [0.25, 0.3) is 0 Å². The van der Waals surface area contributed by atoms with Crippen molar-refractivity contribution < 1.29 is 14.2 Å². The summed E-state index contributed by atoms with van der Waals surface area (Å²) in [6, 6.07) is 11.4. The van der Waals surface area contributed by atoms with E-state index in [1.54, 1.807) is 44.4 Å². The number of aliphatic hydroxyl groups is 1. The van der Waals surface area contributed by atoms with Crippen LogP contribution in [-0.2, 0) is 12.0 Å². The molecule has 0 aliphatic rings. The van der Waals surface area contributed by atoms with Gasteiger partial charge in [0.1, 0.15) is 11.6 Å². The predicted molar refractivity (Wildman–Crippen MR) is 77.7 cm³/mol. The number of rotatable bonds is 4. The van der Waals surface area contributed by atoms with Crippen molar-refractivity contribution in [2.24, 2.45) is 0 Å². The zero-order chi connectivity index (χ0) is 14.8. The van der Waals surface area contributed by atoms with Crippen molar-refractivity contribution in [1.82, 2.24) is 0 Å². The molecular formula is C16H16ClFO2. The van der Waals surface area contributed by atoms with E-state index >= 15 is 0 Å². The summed E-state index contributed by atoms with van der Waals surface area (Å²) in [7, 11) is 1.59. The number of ether oxygens (including phenoxy) is 1. The summed E-state index contributed by atoms with van der Waals surface area (Å²) in [5, 5.41) is 10.9. The number of benzene rings is 2. The van der Waals surface area contributed by atoms with Gasteiger partial charge in [-0.05, 0) is 42.3 Å². The molecule has 0 radical (unpaired) electrons. The van der Waals surface area contributed by atoms with Crippen LogP contribution < -0.4 is 4.74 Å². The van der Waals surface area contributed by atoms with Crippen LogP contribution in [0.5, 0.6) is 5.75 Å². The van der Waals surface area contributed by atoms with Crippen LogP contribution in [-0.4, -0.2) is 12.2 Å². The summed E-state index contributed by atoms with van der Waals surface area (Å²) in [5.41, 5.74) is 0.362. The van der Waals surface area contributed by atoms with Gasteiger partial charge in [-0.15, -0.1) is 0 Å². The highest BCUT2D eigenvalue weighted by molar-refractivity contribution is 6.31. The minimum Gasteiger partial charge on any atom is -0.497 e. The Hall–Kier alpha value is -1.58. The van der Waals surface area contributed by atoms with Crippen molar-refractivity contribution >= 4 is 11.6 Å². The van der Waals surface area contributed by atoms with Crippen molar-refractivity contribution in [2.45, 2.75) is 18.9 Å². The standard InChI is InChI=1S/C16H16ClFO2/c1-16(19,12-4-7-14(20-2)8-5-12)10-11-3-6-13(18)9-15(11)17/h3-9,19H,10H2,1-2H3. The predicted octanol–water partition coefficient (Wildman–Crippen LogP) is 3.94. The topological polar surface area (TPSA) is 29.5 Å². The van der Waals surface area contributed by atoms with E-state index in [1.807, 2.05) is 0 Å². The van der Waals surface area contributed by atoms with Crippen LogP contribution in [0.2, 0.25) is 5.02 Å². The van der Waals surface area contributed by atoms with Crippen molar-refractivity contribution in [3.05, 3.63) is 64.4 Å². The van der Waals surface area contributed by atoms with Gasteiger partial charge in [-0.1, -0.05) is 29.8 Å². The maximum Gasteiger partial charge on any atom is 0.124 e. The third-order valence-electron chi connectivity index (χ3n) is 3.26. The molecule has 106 valence electrons. The molecule has 0 aromatic heterocycles. The number of hydrogen-bond acceptors (Lipinski definition) is 2. The number of methoxy groups -OCH3 is 1. The molecule has 1 atom stereocenters. The summed E-state index contributed by atoms with van der Waals surface area (Å²) in [5.74, 6) is 0.340. The quantitative estimate of drug-likeness (QED) is 0.925. The Morgan fingerprint density at radius 1 is 1.20 bits per heavy atom. The van der Waals surface area contributed by atoms with Crippen LogP contribution in [0.25, 0.3) is 0 Å². The fourth-order valence-corrected chi connectivity index (χ4v) is 2.32. The summed E-state index contributed by atoms with van der Waals surface area (Å²) < 4.78 is 18.1. The first-order valence-corrected chi connectivity index (χ1v) is 6.61. The van der Waals surface area contributed by atoms with E-state index in [1.165, 1.54) is 12.1 Å². The lowest BCUT2D eigenvalue weighted by Gasteiger charge is -2.24. The zero-order valence-electron chi connectivity index (χ0n) is 11.4. The second kappa shape index (κ2) is 5.81. The maximum atomic E-state index is 13.0. The average molecular weight is 295 g/mol. The molecule has 0 heterocycles. The Morgan fingerprint density at radius 3 is 2.40 bits per heavy atom. The minimum atomic E-state index is -1.09. The third-order valence-corrected chi connectivity index (χ3v) is 3.61. The Bertz CT molecular complexity index is 594. The Morgan fingerprint density at radius 2 is 1.85 bits per heavy atom. The van der Waals surface area contributed by atoms with Crippen molar-refractivity contribution in [1.29, 1.82) is 0 Å². The molecule has 0 saturated heterocycles. The highest BCUT2D eigenvalue weighted by Crippen LogP contribution is 2.30. The largest absolute Gasteiger partial charge is 0.497 e. The van der Waals surface area contributed by atoms with Crippen LogP contribution in [0.1, 0.15) is 18.1 Å². The molecule has 0 bridgehead atoms. The molecule has 1 N–H and O–H groups in total. The normalized spacial score (nSPS) is 13.8. The Kier molecular flexibility index (Phi) is 4.31. The number of halogens is 2. The molecule has 0 saturated carbocycles. The fourth-order valence-electron chi connectivity index (χ4n) is 2.09. The molecule has 2 nitrogen and oxygen atoms in total. The lowest BCUT2D eigenvalue weighted by atomic mass is 9.89. The molecule has 0 amide bonds. The van der Waals surface area contributed by atoms with Gasteiger partial charge in [0, 0.05) is 11.4 Å². The first-order chi connectivity index (χ1) is 9.42. The monoisotopic (exact) mass is 294 g/mol. The molecule has 1 unspecified atom stereocenters. The van der Waals surface area contributed by atoms with Crippen LogP contribution in [0, 0.1) is 5.82 Å². The van der Waals surface area contributed by atoms with Crippen molar-refractivity contribution in [2.75, 3.05) is 7.11 Å². The maximum absolute atomic E-state index is 13.0. The van der Waals surface area contributed by atoms with E-state index in [-0.39, 0.29) is 5.82 Å². The lowest BCUT2D eigenvalue weighted by Crippen LogP contribution is -2.24. The van der Waals surface area contributed by atoms with E-state index < -0.39 is 5.60 Å². The lowest BCUT2D eigenvalue weighted by molar-refractivity contribution is 0.0576. The van der Waals surface area contributed by atoms with E-state index in [0.29, 0.717) is 17.0 Å². The van der Waals surface area contributed by atoms with E-state index in [4.69, 9.17) is 16.3 Å². The summed E-state index contributed by atoms with van der Waals surface area (Å²) >= 11 is 6.00. The van der Waals surface area contributed by atoms with Crippen LogP contribution >= 0.6 is 11.6 Å². The van der Waals surface area contributed by atoms with E-state index in [2.05, 4.69) is 0 Å². The van der Waals surface area contributed by atoms with Crippen LogP contribution in [0.3, 0.4) is 0 Å². The molecular weight excluding hydrogens is 279 g/mol. The second-order valence-electron chi connectivity index (χ2n) is 4.91. The molecule has 2 rings (SSSR count). The first-order valence-electron chi connectivity index (χ1n) is 6.23. The van der Waals surface area contributed by atoms with Gasteiger partial charge in [-0.3, -0.25) is 0 Å². The van der Waals surface area contributed by atoms with Gasteiger partial charge >= 0.3 is 0 Å². The molecule has 0 aliphatic carbocycles. The van der Waals surface area contributed by atoms with Crippen LogP contribution in [0.4, 0.5) is 4.39 Å². The van der Waals surface area contributed by atoms with Gasteiger partial charge in [0.2, 0.25) is 0 Å². The van der Waals surface area contributed by atoms with Crippen LogP contribution in [0.15, 0.2) is 42.5 Å². The zero-order valence-corrected chi connectivity index (χ0v) is 12.1. The van der Waals surface area contributed by atoms with Gasteiger partial charge in [-0.2, -0.15) is 0 Å². The van der Waals surface area contributed by atoms with Crippen molar-refractivity contribution in [3.63, 3.8) is 0 Å². The Balaban J connectivity index is 2.25. The molecule has 4 heteroatoms. The molecule has 0 spiro atoms. The highest BCUT2D eigenvalue weighted by atomic mass is 35.5. The minimum absolute atomic E-state index is 0.304. The Labute approximate surface area is 122 Å². The van der Waals surface area contributed by atoms with E-state index in [9.17, 15) is 9.50 Å². The van der Waals surface area contributed by atoms with Gasteiger partial charge in [0.15, 0.2) is 0 Å². The number of hydrogen-bond donors (Lipinski definition) is 1. The highest BCUT2D eigenvalue weighted by Gasteiger charge is 2.24. The molecule has 2 aromatic carbocycles. The second-order valence-corrected chi connectivity index (χ2v) is 5.32. The SMILES string of the molecule is COc1ccc(C(C)(O)Cc2ccc(F)cc2Cl)cc1. The van der Waals surface area contributed by atoms with Crippen molar-refractivity contribution in [3.8, 4) is 5.75 Å². The summed E-state index contributed by atoms with van der Waals surface area (Å²) in [6.07, 6.45) is 0.304. The third kappa shape index (κ3) is 3.30. The average Bonchev–Trinajstić information content (AvgIpc) is 2.42. The molecule has 20 heavy (non-hydrogen) atoms. The summed E-state index contributed by atoms with van der Waals surface area (Å²) in [6.45, 7) is 1.70. The van der Waals surface area contributed by atoms with Gasteiger partial charge in [0.05, 0.1) is 12.7 Å². The van der Waals surface area contributed by atoms with E-state index in [0.717, 1.165) is 11.3 Å². The van der Waals surface area contributed by atoms with Gasteiger partial charge < -0.3 is 9.84 Å². The molecule has 2 aromatic rings. The molecule has 0 aliphatic heterocycles. The fraction of sp³-hybridized carbons (Fsp3) is 0.250. The van der Waals surface area contributed by atoms with Gasteiger partial charge in [-0.25, -0.2) is 4.39 Å². The smallest absolute Gasteiger partial charge is 0.124 e.